The number of nitrogens with zero attached hydrogens (tertiary/aromatic N) is 2. The van der Waals surface area contributed by atoms with Crippen molar-refractivity contribution < 1.29 is 24.2 Å². The highest BCUT2D eigenvalue weighted by Gasteiger charge is 2.48. The lowest BCUT2D eigenvalue weighted by Gasteiger charge is -2.26. The highest BCUT2D eigenvalue weighted by atomic mass is 16.6. The van der Waals surface area contributed by atoms with Gasteiger partial charge in [0, 0.05) is 17.4 Å². The number of ether oxygens (including phenoxy) is 2. The number of hydrogen-bond acceptors (Lipinski definition) is 6. The molecule has 7 nitrogen and oxygen atoms in total. The van der Waals surface area contributed by atoms with Crippen LogP contribution in [0.15, 0.2) is 66.4 Å². The van der Waals surface area contributed by atoms with Crippen LogP contribution in [-0.4, -0.2) is 35.0 Å². The van der Waals surface area contributed by atoms with Gasteiger partial charge in [0.15, 0.2) is 11.5 Å². The van der Waals surface area contributed by atoms with Crippen LogP contribution in [-0.2, 0) is 9.59 Å². The van der Waals surface area contributed by atoms with E-state index in [9.17, 15) is 14.7 Å². The minimum Gasteiger partial charge on any atom is -0.507 e. The van der Waals surface area contributed by atoms with Gasteiger partial charge in [-0.1, -0.05) is 18.2 Å². The zero-order valence-electron chi connectivity index (χ0n) is 18.2. The summed E-state index contributed by atoms with van der Waals surface area (Å²) in [5, 5.41) is 11.3. The molecule has 2 aliphatic heterocycles. The summed E-state index contributed by atoms with van der Waals surface area (Å²) in [5.74, 6) is -0.718. The number of pyridine rings is 1. The molecule has 5 rings (SSSR count). The van der Waals surface area contributed by atoms with Crippen molar-refractivity contribution in [2.75, 3.05) is 18.1 Å². The van der Waals surface area contributed by atoms with Crippen molar-refractivity contribution >= 4 is 23.1 Å². The van der Waals surface area contributed by atoms with Crippen molar-refractivity contribution in [3.05, 3.63) is 88.8 Å². The van der Waals surface area contributed by atoms with Crippen LogP contribution in [0, 0.1) is 13.8 Å². The molecule has 1 fully saturated rings. The Hall–Kier alpha value is -4.13. The molecule has 0 radical (unpaired) electrons. The Bertz CT molecular complexity index is 1300. The standard InChI is InChI=1S/C26H22N2O5/c1-15-6-5-8-19(16(15)2)28-23(18-7-3-4-11-27-18)22(25(30)26(28)31)24(29)17-9-10-20-21(14-17)33-13-12-32-20/h3-11,14,23,29H,12-13H2,1-2H3/b24-22-. The molecule has 1 atom stereocenters. The van der Waals surface area contributed by atoms with Crippen molar-refractivity contribution in [2.24, 2.45) is 0 Å². The van der Waals surface area contributed by atoms with Crippen LogP contribution in [0.1, 0.15) is 28.4 Å². The van der Waals surface area contributed by atoms with Crippen molar-refractivity contribution in [1.29, 1.82) is 0 Å². The number of anilines is 1. The Balaban J connectivity index is 1.71. The zero-order chi connectivity index (χ0) is 23.1. The van der Waals surface area contributed by atoms with E-state index in [1.807, 2.05) is 26.0 Å². The van der Waals surface area contributed by atoms with Gasteiger partial charge in [-0.05, 0) is 61.4 Å². The molecule has 1 amide bonds. The van der Waals surface area contributed by atoms with E-state index in [0.29, 0.717) is 41.7 Å². The van der Waals surface area contributed by atoms with E-state index in [2.05, 4.69) is 4.98 Å². The van der Waals surface area contributed by atoms with Crippen molar-refractivity contribution in [2.45, 2.75) is 19.9 Å². The number of benzene rings is 2. The maximum absolute atomic E-state index is 13.3. The SMILES string of the molecule is Cc1cccc(N2C(=O)C(=O)/C(=C(\O)c3ccc4c(c3)OCCO4)C2c2ccccn2)c1C. The first-order valence-corrected chi connectivity index (χ1v) is 10.7. The van der Waals surface area contributed by atoms with Gasteiger partial charge >= 0.3 is 0 Å². The number of aryl methyl sites for hydroxylation is 1. The second-order valence-electron chi connectivity index (χ2n) is 8.00. The third-order valence-electron chi connectivity index (χ3n) is 6.06. The van der Waals surface area contributed by atoms with Crippen molar-refractivity contribution in [3.8, 4) is 11.5 Å². The number of amides is 1. The van der Waals surface area contributed by atoms with E-state index in [0.717, 1.165) is 11.1 Å². The highest BCUT2D eigenvalue weighted by molar-refractivity contribution is 6.51. The minimum absolute atomic E-state index is 0.0173. The molecule has 1 N–H and O–H groups in total. The normalized spacial score (nSPS) is 19.1. The smallest absolute Gasteiger partial charge is 0.300 e. The molecule has 2 aromatic carbocycles. The Morgan fingerprint density at radius 2 is 1.79 bits per heavy atom. The molecule has 2 aliphatic rings. The summed E-state index contributed by atoms with van der Waals surface area (Å²) in [7, 11) is 0. The Morgan fingerprint density at radius 1 is 1.00 bits per heavy atom. The molecule has 0 spiro atoms. The molecule has 1 unspecified atom stereocenters. The van der Waals surface area contributed by atoms with Crippen LogP contribution in [0.5, 0.6) is 11.5 Å². The Labute approximate surface area is 190 Å². The summed E-state index contributed by atoms with van der Waals surface area (Å²) < 4.78 is 11.2. The number of aliphatic hydroxyl groups excluding tert-OH is 1. The van der Waals surface area contributed by atoms with Crippen LogP contribution in [0.4, 0.5) is 5.69 Å². The fourth-order valence-electron chi connectivity index (χ4n) is 4.24. The number of aromatic nitrogens is 1. The number of carbonyl (C=O) groups is 2. The number of hydrogen-bond donors (Lipinski definition) is 1. The Morgan fingerprint density at radius 3 is 2.55 bits per heavy atom. The van der Waals surface area contributed by atoms with Gasteiger partial charge < -0.3 is 14.6 Å². The summed E-state index contributed by atoms with van der Waals surface area (Å²) >= 11 is 0. The molecule has 3 heterocycles. The molecule has 1 aromatic heterocycles. The van der Waals surface area contributed by atoms with Gasteiger partial charge in [0.05, 0.1) is 11.3 Å². The quantitative estimate of drug-likeness (QED) is 0.373. The topological polar surface area (TPSA) is 89.0 Å². The van der Waals surface area contributed by atoms with Crippen LogP contribution in [0.2, 0.25) is 0 Å². The first-order chi connectivity index (χ1) is 16.0. The molecule has 33 heavy (non-hydrogen) atoms. The predicted octanol–water partition coefficient (Wildman–Crippen LogP) is 4.10. The first kappa shape index (κ1) is 20.8. The summed E-state index contributed by atoms with van der Waals surface area (Å²) in [6.45, 7) is 4.68. The molecule has 3 aromatic rings. The summed E-state index contributed by atoms with van der Waals surface area (Å²) in [6.07, 6.45) is 1.60. The van der Waals surface area contributed by atoms with E-state index < -0.39 is 17.7 Å². The second kappa shape index (κ2) is 8.09. The molecule has 0 aliphatic carbocycles. The third-order valence-corrected chi connectivity index (χ3v) is 6.06. The predicted molar refractivity (Wildman–Crippen MR) is 122 cm³/mol. The van der Waals surface area contributed by atoms with Crippen LogP contribution >= 0.6 is 0 Å². The van der Waals surface area contributed by atoms with Crippen LogP contribution in [0.3, 0.4) is 0 Å². The summed E-state index contributed by atoms with van der Waals surface area (Å²) in [4.78, 5) is 32.4. The number of ketones is 1. The molecule has 166 valence electrons. The number of fused-ring (bicyclic) bond motifs is 1. The summed E-state index contributed by atoms with van der Waals surface area (Å²) in [5.41, 5.74) is 3.29. The van der Waals surface area contributed by atoms with Gasteiger partial charge in [-0.15, -0.1) is 0 Å². The summed E-state index contributed by atoms with van der Waals surface area (Å²) in [6, 6.07) is 14.9. The first-order valence-electron chi connectivity index (χ1n) is 10.7. The lowest BCUT2D eigenvalue weighted by molar-refractivity contribution is -0.132. The van der Waals surface area contributed by atoms with E-state index >= 15 is 0 Å². The lowest BCUT2D eigenvalue weighted by atomic mass is 9.97. The van der Waals surface area contributed by atoms with Crippen molar-refractivity contribution in [3.63, 3.8) is 0 Å². The lowest BCUT2D eigenvalue weighted by Crippen LogP contribution is -2.30. The zero-order valence-corrected chi connectivity index (χ0v) is 18.2. The van der Waals surface area contributed by atoms with E-state index in [1.165, 1.54) is 4.90 Å². The molecule has 1 saturated heterocycles. The molecular weight excluding hydrogens is 420 g/mol. The Kier molecular flexibility index (Phi) is 5.09. The number of Topliss-reactive ketones (excluding diaryl/α,β-unsaturated/α-hetero) is 1. The van der Waals surface area contributed by atoms with Crippen LogP contribution < -0.4 is 14.4 Å². The molecular formula is C26H22N2O5. The van der Waals surface area contributed by atoms with Crippen molar-refractivity contribution in [1.82, 2.24) is 4.98 Å². The second-order valence-corrected chi connectivity index (χ2v) is 8.00. The molecule has 0 saturated carbocycles. The highest BCUT2D eigenvalue weighted by Crippen LogP contribution is 2.43. The maximum atomic E-state index is 13.3. The number of rotatable bonds is 3. The average Bonchev–Trinajstić information content (AvgIpc) is 3.11. The monoisotopic (exact) mass is 442 g/mol. The third kappa shape index (κ3) is 3.42. The van der Waals surface area contributed by atoms with Gasteiger partial charge in [0.25, 0.3) is 11.7 Å². The van der Waals surface area contributed by atoms with Gasteiger partial charge in [0.1, 0.15) is 25.0 Å². The van der Waals surface area contributed by atoms with Gasteiger partial charge in [0.2, 0.25) is 0 Å². The largest absolute Gasteiger partial charge is 0.507 e. The fourth-order valence-corrected chi connectivity index (χ4v) is 4.24. The number of aliphatic hydroxyl groups is 1. The van der Waals surface area contributed by atoms with Crippen LogP contribution in [0.25, 0.3) is 5.76 Å². The van der Waals surface area contributed by atoms with Gasteiger partial charge in [-0.3, -0.25) is 19.5 Å². The number of carbonyl (C=O) groups excluding carboxylic acids is 2. The fraction of sp³-hybridized carbons (Fsp3) is 0.192. The molecule has 0 bridgehead atoms. The minimum atomic E-state index is -0.875. The molecule has 7 heteroatoms. The van der Waals surface area contributed by atoms with E-state index in [1.54, 1.807) is 48.7 Å². The average molecular weight is 442 g/mol. The van der Waals surface area contributed by atoms with E-state index in [4.69, 9.17) is 9.47 Å². The maximum Gasteiger partial charge on any atom is 0.300 e. The van der Waals surface area contributed by atoms with Gasteiger partial charge in [-0.25, -0.2) is 0 Å². The van der Waals surface area contributed by atoms with Gasteiger partial charge in [-0.2, -0.15) is 0 Å². The van der Waals surface area contributed by atoms with E-state index in [-0.39, 0.29) is 11.3 Å².